The Bertz CT molecular complexity index is 1640. The van der Waals surface area contributed by atoms with Crippen LogP contribution in [0.4, 0.5) is 90.4 Å². The smallest absolute Gasteiger partial charge is 0.398 e. The summed E-state index contributed by atoms with van der Waals surface area (Å²) in [6, 6.07) is -1.58. The van der Waals surface area contributed by atoms with Crippen LogP contribution in [-0.4, -0.2) is 52.4 Å². The summed E-state index contributed by atoms with van der Waals surface area (Å²) in [4.78, 5) is 0. The van der Waals surface area contributed by atoms with Crippen molar-refractivity contribution in [3.63, 3.8) is 0 Å². The predicted octanol–water partition coefficient (Wildman–Crippen LogP) is 7.09. The van der Waals surface area contributed by atoms with Crippen LogP contribution in [0.15, 0.2) is 30.3 Å². The fourth-order valence-electron chi connectivity index (χ4n) is 4.60. The molecule has 0 aromatic heterocycles. The van der Waals surface area contributed by atoms with Crippen molar-refractivity contribution in [3.8, 4) is 0 Å². The quantitative estimate of drug-likeness (QED) is 0.114. The largest absolute Gasteiger partial charge is 0.430 e. The normalized spacial score (nSPS) is 15.2. The zero-order valence-electron chi connectivity index (χ0n) is 21.2. The number of alkyl halides is 18. The Labute approximate surface area is 240 Å². The van der Waals surface area contributed by atoms with Gasteiger partial charge in [-0.1, -0.05) is 12.1 Å². The number of hydrogen-bond donors (Lipinski definition) is 5. The van der Waals surface area contributed by atoms with Crippen LogP contribution in [0.2, 0.25) is 0 Å². The minimum Gasteiger partial charge on any atom is -0.398 e. The van der Waals surface area contributed by atoms with Crippen molar-refractivity contribution in [3.05, 3.63) is 47.0 Å². The van der Waals surface area contributed by atoms with Crippen molar-refractivity contribution in [1.29, 1.82) is 0 Å². The topological polar surface area (TPSA) is 113 Å². The number of fused-ring (bicyclic) bond motifs is 2. The van der Waals surface area contributed by atoms with Crippen LogP contribution in [0.5, 0.6) is 0 Å². The molecule has 0 bridgehead atoms. The molecule has 0 unspecified atom stereocenters. The summed E-state index contributed by atoms with van der Waals surface area (Å²) in [6.45, 7) is 0. The number of anilines is 2. The Balaban J connectivity index is 2.76. The second-order valence-electron chi connectivity index (χ2n) is 9.65. The van der Waals surface area contributed by atoms with Crippen molar-refractivity contribution in [2.75, 3.05) is 11.5 Å². The van der Waals surface area contributed by atoms with E-state index in [1.165, 1.54) is 0 Å². The highest BCUT2D eigenvalue weighted by Crippen LogP contribution is 2.58. The lowest BCUT2D eigenvalue weighted by molar-refractivity contribution is -0.378. The molecule has 0 aliphatic heterocycles. The Kier molecular flexibility index (Phi) is 7.98. The Morgan fingerprint density at radius 2 is 0.696 bits per heavy atom. The van der Waals surface area contributed by atoms with Crippen LogP contribution in [0.1, 0.15) is 16.7 Å². The first-order chi connectivity index (χ1) is 20.1. The molecule has 0 saturated heterocycles. The van der Waals surface area contributed by atoms with Gasteiger partial charge in [-0.15, -0.1) is 0 Å². The zero-order valence-corrected chi connectivity index (χ0v) is 21.2. The van der Waals surface area contributed by atoms with E-state index in [0.29, 0.717) is 0 Å². The van der Waals surface area contributed by atoms with Gasteiger partial charge in [0.05, 0.1) is 0 Å². The van der Waals surface area contributed by atoms with Crippen molar-refractivity contribution in [2.45, 2.75) is 53.9 Å². The average molecular weight is 706 g/mol. The zero-order chi connectivity index (χ0) is 36.2. The summed E-state index contributed by atoms with van der Waals surface area (Å²) < 4.78 is 246. The molecule has 0 saturated carbocycles. The van der Waals surface area contributed by atoms with E-state index in [2.05, 4.69) is 0 Å². The van der Waals surface area contributed by atoms with Crippen LogP contribution < -0.4 is 11.5 Å². The van der Waals surface area contributed by atoms with Gasteiger partial charge in [-0.25, -0.2) is 0 Å². The van der Waals surface area contributed by atoms with E-state index in [1.807, 2.05) is 0 Å². The molecule has 0 amide bonds. The summed E-state index contributed by atoms with van der Waals surface area (Å²) >= 11 is 0. The summed E-state index contributed by atoms with van der Waals surface area (Å²) in [7, 11) is 0. The van der Waals surface area contributed by atoms with Crippen LogP contribution in [0.3, 0.4) is 0 Å². The molecule has 3 aromatic rings. The first-order valence-electron chi connectivity index (χ1n) is 11.3. The number of nitrogens with two attached hydrogens (primary N) is 2. The fourth-order valence-corrected chi connectivity index (χ4v) is 4.60. The molecule has 0 spiro atoms. The molecule has 258 valence electrons. The number of halogens is 18. The van der Waals surface area contributed by atoms with E-state index in [-0.39, 0.29) is 24.3 Å². The summed E-state index contributed by atoms with van der Waals surface area (Å²) in [6.07, 6.45) is -41.4. The highest BCUT2D eigenvalue weighted by atomic mass is 19.4. The van der Waals surface area contributed by atoms with Crippen molar-refractivity contribution >= 4 is 32.9 Å². The maximum Gasteiger partial charge on any atom is 0.430 e. The van der Waals surface area contributed by atoms with Crippen LogP contribution >= 0.6 is 0 Å². The molecule has 3 rings (SSSR count). The van der Waals surface area contributed by atoms with E-state index in [9.17, 15) is 94.3 Å². The minimum absolute atomic E-state index is 0.0524. The van der Waals surface area contributed by atoms with Gasteiger partial charge in [0.1, 0.15) is 0 Å². The molecular formula is C23H12F18N2O3. The van der Waals surface area contributed by atoms with E-state index >= 15 is 0 Å². The summed E-state index contributed by atoms with van der Waals surface area (Å²) in [5, 5.41) is 23.4. The van der Waals surface area contributed by atoms with Gasteiger partial charge in [0.15, 0.2) is 0 Å². The second kappa shape index (κ2) is 9.95. The van der Waals surface area contributed by atoms with Gasteiger partial charge in [0, 0.05) is 38.8 Å². The maximum atomic E-state index is 13.8. The molecule has 0 aliphatic carbocycles. The first-order valence-corrected chi connectivity index (χ1v) is 11.3. The van der Waals surface area contributed by atoms with E-state index in [1.54, 1.807) is 0 Å². The third-order valence-corrected chi connectivity index (χ3v) is 6.99. The molecule has 0 aliphatic rings. The van der Waals surface area contributed by atoms with Gasteiger partial charge in [0.2, 0.25) is 0 Å². The van der Waals surface area contributed by atoms with Crippen LogP contribution in [0.25, 0.3) is 21.5 Å². The Morgan fingerprint density at radius 1 is 0.370 bits per heavy atom. The average Bonchev–Trinajstić information content (AvgIpc) is 2.83. The third-order valence-electron chi connectivity index (χ3n) is 6.99. The van der Waals surface area contributed by atoms with E-state index < -0.39 is 110 Å². The number of aliphatic hydroxyl groups is 3. The molecule has 0 heterocycles. The monoisotopic (exact) mass is 706 g/mol. The van der Waals surface area contributed by atoms with Gasteiger partial charge in [-0.2, -0.15) is 79.0 Å². The van der Waals surface area contributed by atoms with Crippen LogP contribution in [0, 0.1) is 0 Å². The maximum absolute atomic E-state index is 13.8. The van der Waals surface area contributed by atoms with Gasteiger partial charge in [-0.3, -0.25) is 0 Å². The number of rotatable bonds is 3. The van der Waals surface area contributed by atoms with E-state index in [4.69, 9.17) is 11.5 Å². The summed E-state index contributed by atoms with van der Waals surface area (Å²) in [5.74, 6) is 0. The Hall–Kier alpha value is -3.60. The van der Waals surface area contributed by atoms with Crippen molar-refractivity contribution in [2.24, 2.45) is 0 Å². The number of hydrogen-bond acceptors (Lipinski definition) is 5. The predicted molar refractivity (Wildman–Crippen MR) is 118 cm³/mol. The number of nitrogen functional groups attached to an aromatic ring is 2. The Morgan fingerprint density at radius 3 is 1.07 bits per heavy atom. The van der Waals surface area contributed by atoms with Crippen molar-refractivity contribution < 1.29 is 94.3 Å². The molecule has 0 fully saturated rings. The van der Waals surface area contributed by atoms with Gasteiger partial charge in [-0.05, 0) is 29.0 Å². The molecule has 46 heavy (non-hydrogen) atoms. The lowest BCUT2D eigenvalue weighted by Crippen LogP contribution is -2.56. The van der Waals surface area contributed by atoms with Gasteiger partial charge < -0.3 is 26.8 Å². The minimum atomic E-state index is -7.04. The highest BCUT2D eigenvalue weighted by molar-refractivity contribution is 6.09. The summed E-state index contributed by atoms with van der Waals surface area (Å²) in [5.41, 5.74) is -20.2. The second-order valence-corrected chi connectivity index (χ2v) is 9.65. The highest BCUT2D eigenvalue weighted by Gasteiger charge is 2.75. The third kappa shape index (κ3) is 4.88. The van der Waals surface area contributed by atoms with E-state index in [0.717, 1.165) is 0 Å². The lowest BCUT2D eigenvalue weighted by atomic mass is 9.80. The standard InChI is InChI=1S/C23H12F18N2O3/c24-18(25,26)15(44,19(27,28)29)10-2-1-6-3-8-9(4-7(6)13(10)42)14(43)12(17(46,22(36,37)38)23(39,40)41)5-11(8)16(45,20(30,31)32)21(33,34)35/h1-5,44-46H,42-43H2. The molecule has 0 radical (unpaired) electrons. The molecule has 7 N–H and O–H groups in total. The molecule has 5 nitrogen and oxygen atoms in total. The van der Waals surface area contributed by atoms with Gasteiger partial charge >= 0.3 is 37.1 Å². The van der Waals surface area contributed by atoms with Crippen molar-refractivity contribution in [1.82, 2.24) is 0 Å². The SMILES string of the molecule is Nc1c(C(O)(C(F)(F)F)C(F)(F)F)ccc2cc3c(C(O)(C(F)(F)F)C(F)(F)F)cc(C(O)(C(F)(F)F)C(F)(F)F)c(N)c3cc12. The fraction of sp³-hybridized carbons (Fsp3) is 0.391. The molecular weight excluding hydrogens is 694 g/mol. The number of benzene rings is 3. The van der Waals surface area contributed by atoms with Crippen LogP contribution in [-0.2, 0) is 16.8 Å². The molecule has 0 atom stereocenters. The molecule has 3 aromatic carbocycles. The first kappa shape index (κ1) is 36.9. The van der Waals surface area contributed by atoms with Gasteiger partial charge in [0.25, 0.3) is 16.8 Å². The lowest BCUT2D eigenvalue weighted by Gasteiger charge is -2.37. The molecule has 23 heteroatoms.